The number of ether oxygens (including phenoxy) is 3. The lowest BCUT2D eigenvalue weighted by molar-refractivity contribution is -0.143. The molecule has 1 unspecified atom stereocenters. The van der Waals surface area contributed by atoms with Crippen molar-refractivity contribution in [3.8, 4) is 0 Å². The highest BCUT2D eigenvalue weighted by atomic mass is 16.6. The summed E-state index contributed by atoms with van der Waals surface area (Å²) in [5.41, 5.74) is 0. The van der Waals surface area contributed by atoms with E-state index in [1.807, 2.05) is 0 Å². The van der Waals surface area contributed by atoms with Gasteiger partial charge in [0.05, 0.1) is 25.7 Å². The van der Waals surface area contributed by atoms with Crippen LogP contribution in [0.1, 0.15) is 47.5 Å². The Morgan fingerprint density at radius 3 is 2.39 bits per heavy atom. The number of esters is 1. The number of carbonyl (C=O) groups is 2. The zero-order valence-electron chi connectivity index (χ0n) is 15.0. The predicted molar refractivity (Wildman–Crippen MR) is 87.0 cm³/mol. The lowest BCUT2D eigenvalue weighted by Gasteiger charge is -2.21. The molecule has 1 fully saturated rings. The van der Waals surface area contributed by atoms with Crippen LogP contribution < -0.4 is 5.32 Å². The Bertz CT molecular complexity index is 383. The quantitative estimate of drug-likeness (QED) is 0.463. The summed E-state index contributed by atoms with van der Waals surface area (Å²) < 4.78 is 15.8. The molecule has 1 aliphatic heterocycles. The second kappa shape index (κ2) is 9.88. The summed E-state index contributed by atoms with van der Waals surface area (Å²) in [4.78, 5) is 23.6. The SMILES string of the molecule is CCOC(=O)CC1O[C@@H]1C(=O)N[C@H](COCC(C)C)CC(C)C. The second-order valence-electron chi connectivity index (χ2n) is 6.87. The summed E-state index contributed by atoms with van der Waals surface area (Å²) in [5.74, 6) is 0.425. The van der Waals surface area contributed by atoms with E-state index in [1.54, 1.807) is 6.92 Å². The van der Waals surface area contributed by atoms with Crippen LogP contribution in [0.15, 0.2) is 0 Å². The maximum absolute atomic E-state index is 12.2. The third kappa shape index (κ3) is 8.32. The molecule has 0 saturated carbocycles. The van der Waals surface area contributed by atoms with Crippen LogP contribution in [0.3, 0.4) is 0 Å². The Kier molecular flexibility index (Phi) is 8.55. The largest absolute Gasteiger partial charge is 0.466 e. The van der Waals surface area contributed by atoms with Crippen LogP contribution >= 0.6 is 0 Å². The molecule has 134 valence electrons. The minimum Gasteiger partial charge on any atom is -0.466 e. The van der Waals surface area contributed by atoms with Gasteiger partial charge in [0.2, 0.25) is 0 Å². The summed E-state index contributed by atoms with van der Waals surface area (Å²) in [5, 5.41) is 2.98. The van der Waals surface area contributed by atoms with Crippen LogP contribution in [-0.4, -0.2) is 49.9 Å². The van der Waals surface area contributed by atoms with Crippen molar-refractivity contribution in [2.75, 3.05) is 19.8 Å². The molecule has 1 amide bonds. The fraction of sp³-hybridized carbons (Fsp3) is 0.882. The molecule has 1 rings (SSSR count). The first-order valence-electron chi connectivity index (χ1n) is 8.52. The molecule has 6 nitrogen and oxygen atoms in total. The Labute approximate surface area is 139 Å². The molecule has 0 spiro atoms. The Morgan fingerprint density at radius 2 is 1.83 bits per heavy atom. The third-order valence-corrected chi connectivity index (χ3v) is 3.39. The average Bonchev–Trinajstić information content (AvgIpc) is 3.16. The van der Waals surface area contributed by atoms with E-state index in [2.05, 4.69) is 33.0 Å². The molecule has 3 atom stereocenters. The summed E-state index contributed by atoms with van der Waals surface area (Å²) in [6.45, 7) is 11.7. The van der Waals surface area contributed by atoms with Crippen molar-refractivity contribution < 1.29 is 23.8 Å². The highest BCUT2D eigenvalue weighted by Crippen LogP contribution is 2.26. The number of nitrogens with one attached hydrogen (secondary N) is 1. The standard InChI is InChI=1S/C17H31NO5/c1-6-22-15(19)8-14-16(23-14)17(20)18-13(7-11(2)3)10-21-9-12(4)5/h11-14,16H,6-10H2,1-5H3,(H,18,20)/t13-,14?,16-/m0/s1. The van der Waals surface area contributed by atoms with E-state index in [0.717, 1.165) is 6.42 Å². The molecule has 0 aromatic heterocycles. The van der Waals surface area contributed by atoms with Crippen LogP contribution in [-0.2, 0) is 23.8 Å². The molecule has 1 aliphatic rings. The van der Waals surface area contributed by atoms with Crippen LogP contribution in [0.25, 0.3) is 0 Å². The molecular formula is C17H31NO5. The van der Waals surface area contributed by atoms with E-state index in [4.69, 9.17) is 14.2 Å². The van der Waals surface area contributed by atoms with Gasteiger partial charge in [-0.25, -0.2) is 0 Å². The van der Waals surface area contributed by atoms with Gasteiger partial charge in [-0.2, -0.15) is 0 Å². The van der Waals surface area contributed by atoms with Gasteiger partial charge in [-0.15, -0.1) is 0 Å². The van der Waals surface area contributed by atoms with Crippen LogP contribution in [0.4, 0.5) is 0 Å². The molecule has 0 aliphatic carbocycles. The highest BCUT2D eigenvalue weighted by Gasteiger charge is 2.46. The van der Waals surface area contributed by atoms with Crippen molar-refractivity contribution in [2.45, 2.75) is 65.7 Å². The smallest absolute Gasteiger partial charge is 0.308 e. The number of hydrogen-bond donors (Lipinski definition) is 1. The Balaban J connectivity index is 2.37. The highest BCUT2D eigenvalue weighted by molar-refractivity contribution is 5.85. The van der Waals surface area contributed by atoms with E-state index >= 15 is 0 Å². The number of rotatable bonds is 11. The monoisotopic (exact) mass is 329 g/mol. The van der Waals surface area contributed by atoms with Gasteiger partial charge in [0.1, 0.15) is 6.10 Å². The molecule has 1 heterocycles. The molecule has 0 bridgehead atoms. The van der Waals surface area contributed by atoms with Gasteiger partial charge in [0.25, 0.3) is 5.91 Å². The Morgan fingerprint density at radius 1 is 1.13 bits per heavy atom. The van der Waals surface area contributed by atoms with Crippen molar-refractivity contribution in [1.82, 2.24) is 5.32 Å². The fourth-order valence-corrected chi connectivity index (χ4v) is 2.38. The van der Waals surface area contributed by atoms with E-state index in [1.165, 1.54) is 0 Å². The molecule has 23 heavy (non-hydrogen) atoms. The van der Waals surface area contributed by atoms with Crippen LogP contribution in [0.2, 0.25) is 0 Å². The summed E-state index contributed by atoms with van der Waals surface area (Å²) in [6, 6.07) is -0.0336. The van der Waals surface area contributed by atoms with Crippen molar-refractivity contribution in [1.29, 1.82) is 0 Å². The first-order valence-corrected chi connectivity index (χ1v) is 8.52. The van der Waals surface area contributed by atoms with E-state index in [9.17, 15) is 9.59 Å². The third-order valence-electron chi connectivity index (χ3n) is 3.39. The Hall–Kier alpha value is -1.14. The summed E-state index contributed by atoms with van der Waals surface area (Å²) in [7, 11) is 0. The molecular weight excluding hydrogens is 298 g/mol. The molecule has 1 saturated heterocycles. The van der Waals surface area contributed by atoms with Gasteiger partial charge in [0, 0.05) is 6.61 Å². The normalized spacial score (nSPS) is 21.3. The molecule has 6 heteroatoms. The number of amides is 1. The second-order valence-corrected chi connectivity index (χ2v) is 6.87. The zero-order chi connectivity index (χ0) is 17.4. The number of carbonyl (C=O) groups excluding carboxylic acids is 2. The first-order chi connectivity index (χ1) is 10.8. The van der Waals surface area contributed by atoms with E-state index in [-0.39, 0.29) is 30.4 Å². The lowest BCUT2D eigenvalue weighted by Crippen LogP contribution is -2.42. The van der Waals surface area contributed by atoms with Crippen molar-refractivity contribution in [3.63, 3.8) is 0 Å². The van der Waals surface area contributed by atoms with Gasteiger partial charge in [-0.3, -0.25) is 9.59 Å². The van der Waals surface area contributed by atoms with Gasteiger partial charge in [0.15, 0.2) is 6.10 Å². The summed E-state index contributed by atoms with van der Waals surface area (Å²) >= 11 is 0. The van der Waals surface area contributed by atoms with Crippen LogP contribution in [0, 0.1) is 11.8 Å². The fourth-order valence-electron chi connectivity index (χ4n) is 2.38. The first kappa shape index (κ1) is 19.9. The van der Waals surface area contributed by atoms with Gasteiger partial charge >= 0.3 is 5.97 Å². The number of hydrogen-bond acceptors (Lipinski definition) is 5. The van der Waals surface area contributed by atoms with E-state index < -0.39 is 6.10 Å². The van der Waals surface area contributed by atoms with Crippen molar-refractivity contribution in [2.24, 2.45) is 11.8 Å². The number of epoxide rings is 1. The van der Waals surface area contributed by atoms with Gasteiger partial charge < -0.3 is 19.5 Å². The average molecular weight is 329 g/mol. The maximum atomic E-state index is 12.2. The minimum atomic E-state index is -0.542. The lowest BCUT2D eigenvalue weighted by atomic mass is 10.0. The zero-order valence-corrected chi connectivity index (χ0v) is 15.0. The molecule has 0 radical (unpaired) electrons. The van der Waals surface area contributed by atoms with Gasteiger partial charge in [-0.1, -0.05) is 27.7 Å². The minimum absolute atomic E-state index is 0.0336. The van der Waals surface area contributed by atoms with Crippen molar-refractivity contribution in [3.05, 3.63) is 0 Å². The molecule has 0 aromatic rings. The predicted octanol–water partition coefficient (Wildman–Crippen LogP) is 1.91. The molecule has 1 N–H and O–H groups in total. The topological polar surface area (TPSA) is 77.2 Å². The van der Waals surface area contributed by atoms with Crippen LogP contribution in [0.5, 0.6) is 0 Å². The van der Waals surface area contributed by atoms with Gasteiger partial charge in [-0.05, 0) is 25.2 Å². The van der Waals surface area contributed by atoms with Crippen molar-refractivity contribution >= 4 is 11.9 Å². The van der Waals surface area contributed by atoms with E-state index in [0.29, 0.717) is 31.7 Å². The summed E-state index contributed by atoms with van der Waals surface area (Å²) in [6.07, 6.45) is 0.0773. The maximum Gasteiger partial charge on any atom is 0.308 e. The molecule has 0 aromatic carbocycles.